The molecule has 1 saturated heterocycles. The van der Waals surface area contributed by atoms with Gasteiger partial charge in [-0.05, 0) is 30.0 Å². The number of nitrogens with zero attached hydrogens (tertiary/aromatic N) is 2. The number of hydrogen-bond acceptors (Lipinski definition) is 3. The molecule has 1 N–H and O–H groups in total. The quantitative estimate of drug-likeness (QED) is 0.902. The second-order valence-electron chi connectivity index (χ2n) is 6.73. The molecule has 0 saturated carbocycles. The van der Waals surface area contributed by atoms with E-state index in [4.69, 9.17) is 0 Å². The fourth-order valence-electron chi connectivity index (χ4n) is 3.41. The Bertz CT molecular complexity index is 678. The predicted octanol–water partition coefficient (Wildman–Crippen LogP) is 1.58. The number of benzene rings is 1. The first-order valence-corrected chi connectivity index (χ1v) is 9.04. The number of amides is 3. The third kappa shape index (κ3) is 4.18. The summed E-state index contributed by atoms with van der Waals surface area (Å²) in [5.74, 6) is 0.334. The van der Waals surface area contributed by atoms with E-state index in [0.717, 1.165) is 29.7 Å². The largest absolute Gasteiger partial charge is 0.339 e. The molecule has 6 heteroatoms. The fraction of sp³-hybridized carbons (Fsp3) is 0.526. The highest BCUT2D eigenvalue weighted by molar-refractivity contribution is 5.94. The monoisotopic (exact) mass is 343 g/mol. The highest BCUT2D eigenvalue weighted by Crippen LogP contribution is 2.24. The van der Waals surface area contributed by atoms with Crippen LogP contribution in [0.4, 0.5) is 5.69 Å². The van der Waals surface area contributed by atoms with Crippen LogP contribution in [0.1, 0.15) is 37.3 Å². The summed E-state index contributed by atoms with van der Waals surface area (Å²) in [6.45, 7) is 4.47. The molecule has 2 heterocycles. The molecule has 1 aromatic carbocycles. The van der Waals surface area contributed by atoms with Gasteiger partial charge in [0.05, 0.1) is 6.42 Å². The molecule has 0 spiro atoms. The van der Waals surface area contributed by atoms with Crippen molar-refractivity contribution in [3.8, 4) is 0 Å². The smallest absolute Gasteiger partial charge is 0.227 e. The molecule has 3 rings (SSSR count). The Kier molecular flexibility index (Phi) is 5.36. The summed E-state index contributed by atoms with van der Waals surface area (Å²) >= 11 is 0. The normalized spacial score (nSPS) is 17.1. The van der Waals surface area contributed by atoms with Gasteiger partial charge in [-0.1, -0.05) is 19.1 Å². The lowest BCUT2D eigenvalue weighted by molar-refractivity contribution is -0.139. The van der Waals surface area contributed by atoms with Crippen LogP contribution < -0.4 is 5.32 Å². The van der Waals surface area contributed by atoms with Gasteiger partial charge in [-0.15, -0.1) is 0 Å². The van der Waals surface area contributed by atoms with Gasteiger partial charge in [-0.3, -0.25) is 14.4 Å². The average Bonchev–Trinajstić information content (AvgIpc) is 2.62. The van der Waals surface area contributed by atoms with Gasteiger partial charge in [0.15, 0.2) is 0 Å². The van der Waals surface area contributed by atoms with E-state index in [2.05, 4.69) is 5.32 Å². The van der Waals surface area contributed by atoms with Crippen molar-refractivity contribution in [2.75, 3.05) is 31.5 Å². The number of hydrogen-bond donors (Lipinski definition) is 1. The van der Waals surface area contributed by atoms with E-state index in [1.54, 1.807) is 0 Å². The number of carbonyl (C=O) groups is 3. The van der Waals surface area contributed by atoms with Crippen molar-refractivity contribution in [1.29, 1.82) is 0 Å². The Morgan fingerprint density at radius 1 is 1.04 bits per heavy atom. The summed E-state index contributed by atoms with van der Waals surface area (Å²) in [5.41, 5.74) is 2.93. The molecule has 0 bridgehead atoms. The summed E-state index contributed by atoms with van der Waals surface area (Å²) < 4.78 is 0. The predicted molar refractivity (Wildman–Crippen MR) is 95.2 cm³/mol. The zero-order chi connectivity index (χ0) is 17.8. The standard InChI is InChI=1S/C19H25N3O3/c1-2-3-18(24)21-8-10-22(11-9-21)19(25)13-14-4-6-16-15(12-14)5-7-17(23)20-16/h4,6,12H,2-3,5,7-11,13H2,1H3,(H,20,23). The maximum Gasteiger partial charge on any atom is 0.227 e. The Labute approximate surface area is 148 Å². The van der Waals surface area contributed by atoms with Crippen molar-refractivity contribution in [3.05, 3.63) is 29.3 Å². The third-order valence-electron chi connectivity index (χ3n) is 4.87. The highest BCUT2D eigenvalue weighted by atomic mass is 16.2. The lowest BCUT2D eigenvalue weighted by Crippen LogP contribution is -2.50. The van der Waals surface area contributed by atoms with Crippen LogP contribution in [0.25, 0.3) is 0 Å². The average molecular weight is 343 g/mol. The number of carbonyl (C=O) groups excluding carboxylic acids is 3. The molecule has 2 aliphatic rings. The van der Waals surface area contributed by atoms with Gasteiger partial charge in [0.2, 0.25) is 17.7 Å². The zero-order valence-corrected chi connectivity index (χ0v) is 14.7. The Balaban J connectivity index is 1.55. The SMILES string of the molecule is CCCC(=O)N1CCN(C(=O)Cc2ccc3c(c2)CCC(=O)N3)CC1. The second kappa shape index (κ2) is 7.68. The number of fused-ring (bicyclic) bond motifs is 1. The van der Waals surface area contributed by atoms with Gasteiger partial charge >= 0.3 is 0 Å². The van der Waals surface area contributed by atoms with Gasteiger partial charge in [-0.2, -0.15) is 0 Å². The lowest BCUT2D eigenvalue weighted by atomic mass is 9.99. The minimum absolute atomic E-state index is 0.0480. The van der Waals surface area contributed by atoms with E-state index < -0.39 is 0 Å². The van der Waals surface area contributed by atoms with E-state index in [1.807, 2.05) is 34.9 Å². The third-order valence-corrected chi connectivity index (χ3v) is 4.87. The molecule has 1 fully saturated rings. The molecule has 134 valence electrons. The van der Waals surface area contributed by atoms with Gasteiger partial charge in [0.25, 0.3) is 0 Å². The van der Waals surface area contributed by atoms with Gasteiger partial charge in [-0.25, -0.2) is 0 Å². The zero-order valence-electron chi connectivity index (χ0n) is 14.7. The minimum atomic E-state index is 0.0480. The van der Waals surface area contributed by atoms with E-state index in [1.165, 1.54) is 0 Å². The molecule has 0 atom stereocenters. The van der Waals surface area contributed by atoms with Gasteiger partial charge < -0.3 is 15.1 Å². The Morgan fingerprint density at radius 2 is 1.72 bits per heavy atom. The van der Waals surface area contributed by atoms with Gasteiger partial charge in [0, 0.05) is 44.7 Å². The van der Waals surface area contributed by atoms with Gasteiger partial charge in [0.1, 0.15) is 0 Å². The number of aryl methyl sites for hydroxylation is 1. The summed E-state index contributed by atoms with van der Waals surface area (Å²) in [7, 11) is 0. The van der Waals surface area contributed by atoms with Crippen LogP contribution >= 0.6 is 0 Å². The van der Waals surface area contributed by atoms with Crippen LogP contribution in [-0.2, 0) is 27.2 Å². The van der Waals surface area contributed by atoms with Crippen LogP contribution in [0, 0.1) is 0 Å². The molecular formula is C19H25N3O3. The maximum atomic E-state index is 12.5. The molecule has 0 unspecified atom stereocenters. The molecule has 3 amide bonds. The molecule has 0 aliphatic carbocycles. The van der Waals surface area contributed by atoms with Crippen molar-refractivity contribution in [2.45, 2.75) is 39.0 Å². The molecule has 1 aromatic rings. The van der Waals surface area contributed by atoms with E-state index >= 15 is 0 Å². The lowest BCUT2D eigenvalue weighted by Gasteiger charge is -2.35. The minimum Gasteiger partial charge on any atom is -0.339 e. The van der Waals surface area contributed by atoms with Crippen molar-refractivity contribution >= 4 is 23.4 Å². The first-order valence-electron chi connectivity index (χ1n) is 9.04. The summed E-state index contributed by atoms with van der Waals surface area (Å²) in [6.07, 6.45) is 3.03. The number of piperazine rings is 1. The van der Waals surface area contributed by atoms with E-state index in [0.29, 0.717) is 45.4 Å². The summed E-state index contributed by atoms with van der Waals surface area (Å²) in [4.78, 5) is 39.6. The fourth-order valence-corrected chi connectivity index (χ4v) is 3.41. The molecule has 25 heavy (non-hydrogen) atoms. The van der Waals surface area contributed by atoms with Crippen molar-refractivity contribution in [1.82, 2.24) is 9.80 Å². The molecule has 6 nitrogen and oxygen atoms in total. The topological polar surface area (TPSA) is 69.7 Å². The maximum absolute atomic E-state index is 12.5. The van der Waals surface area contributed by atoms with Crippen LogP contribution in [0.15, 0.2) is 18.2 Å². The van der Waals surface area contributed by atoms with Crippen LogP contribution in [0.2, 0.25) is 0 Å². The van der Waals surface area contributed by atoms with Crippen LogP contribution in [0.5, 0.6) is 0 Å². The van der Waals surface area contributed by atoms with Crippen molar-refractivity contribution in [2.24, 2.45) is 0 Å². The molecule has 2 aliphatic heterocycles. The van der Waals surface area contributed by atoms with E-state index in [-0.39, 0.29) is 17.7 Å². The molecular weight excluding hydrogens is 318 g/mol. The number of anilines is 1. The van der Waals surface area contributed by atoms with Crippen molar-refractivity contribution < 1.29 is 14.4 Å². The second-order valence-corrected chi connectivity index (χ2v) is 6.73. The Morgan fingerprint density at radius 3 is 2.40 bits per heavy atom. The number of rotatable bonds is 4. The number of nitrogens with one attached hydrogen (secondary N) is 1. The van der Waals surface area contributed by atoms with Crippen LogP contribution in [0.3, 0.4) is 0 Å². The molecule has 0 radical (unpaired) electrons. The Hall–Kier alpha value is -2.37. The first kappa shape index (κ1) is 17.5. The summed E-state index contributed by atoms with van der Waals surface area (Å²) in [6, 6.07) is 5.81. The molecule has 0 aromatic heterocycles. The highest BCUT2D eigenvalue weighted by Gasteiger charge is 2.24. The van der Waals surface area contributed by atoms with Crippen LogP contribution in [-0.4, -0.2) is 53.7 Å². The summed E-state index contributed by atoms with van der Waals surface area (Å²) in [5, 5.41) is 2.86. The first-order chi connectivity index (χ1) is 12.1. The van der Waals surface area contributed by atoms with E-state index in [9.17, 15) is 14.4 Å². The van der Waals surface area contributed by atoms with Crippen molar-refractivity contribution in [3.63, 3.8) is 0 Å².